The molecule has 2 heteroatoms. The topological polar surface area (TPSA) is 18.5 Å². The van der Waals surface area contributed by atoms with Gasteiger partial charge in [-0.25, -0.2) is 0 Å². The molecule has 0 N–H and O–H groups in total. The molecule has 2 nitrogen and oxygen atoms in total. The van der Waals surface area contributed by atoms with E-state index in [-0.39, 0.29) is 11.7 Å². The van der Waals surface area contributed by atoms with E-state index >= 15 is 0 Å². The highest BCUT2D eigenvalue weighted by Gasteiger charge is 2.29. The molecule has 1 aliphatic rings. The summed E-state index contributed by atoms with van der Waals surface area (Å²) < 4.78 is 12.5. The Hall–Kier alpha value is -1.02. The molecule has 0 aromatic heterocycles. The second-order valence-electron chi connectivity index (χ2n) is 9.15. The van der Waals surface area contributed by atoms with Crippen LogP contribution in [-0.2, 0) is 4.74 Å². The Bertz CT molecular complexity index is 492. The fraction of sp³-hybridized carbons (Fsp3) is 0.739. The maximum absolute atomic E-state index is 6.26. The average Bonchev–Trinajstić information content (AvgIpc) is 2.59. The van der Waals surface area contributed by atoms with Gasteiger partial charge in [0.1, 0.15) is 5.75 Å². The summed E-state index contributed by atoms with van der Waals surface area (Å²) in [5.74, 6) is 3.08. The van der Waals surface area contributed by atoms with E-state index in [9.17, 15) is 0 Å². The van der Waals surface area contributed by atoms with Crippen molar-refractivity contribution in [1.29, 1.82) is 0 Å². The Morgan fingerprint density at radius 2 is 1.64 bits per heavy atom. The predicted octanol–water partition coefficient (Wildman–Crippen LogP) is 6.79. The maximum atomic E-state index is 6.26. The summed E-state index contributed by atoms with van der Waals surface area (Å²) in [4.78, 5) is 0. The van der Waals surface area contributed by atoms with E-state index in [0.717, 1.165) is 24.7 Å². The first kappa shape index (κ1) is 20.3. The number of benzene rings is 1. The number of hydrogen-bond acceptors (Lipinski definition) is 2. The number of ether oxygens (including phenoxy) is 2. The molecule has 25 heavy (non-hydrogen) atoms. The molecule has 2 atom stereocenters. The molecule has 1 aromatic carbocycles. The highest BCUT2D eigenvalue weighted by Crippen LogP contribution is 2.31. The van der Waals surface area contributed by atoms with Crippen LogP contribution in [0.1, 0.15) is 85.1 Å². The van der Waals surface area contributed by atoms with Gasteiger partial charge in [-0.05, 0) is 54.7 Å². The molecule has 0 heterocycles. The van der Waals surface area contributed by atoms with Gasteiger partial charge in [0.2, 0.25) is 6.29 Å². The van der Waals surface area contributed by atoms with E-state index in [1.54, 1.807) is 0 Å². The molecule has 1 fully saturated rings. The van der Waals surface area contributed by atoms with Gasteiger partial charge < -0.3 is 9.47 Å². The quantitative estimate of drug-likeness (QED) is 0.506. The SMILES string of the molecule is CCC(C)c1ccc(OC(OCC2CCC(C)CC2)C(C)(C)C)cc1. The van der Waals surface area contributed by atoms with Gasteiger partial charge in [-0.3, -0.25) is 0 Å². The van der Waals surface area contributed by atoms with Crippen molar-refractivity contribution in [3.63, 3.8) is 0 Å². The highest BCUT2D eigenvalue weighted by atomic mass is 16.7. The van der Waals surface area contributed by atoms with Crippen LogP contribution in [0.4, 0.5) is 0 Å². The molecule has 0 aliphatic heterocycles. The first-order valence-electron chi connectivity index (χ1n) is 10.2. The van der Waals surface area contributed by atoms with Crippen molar-refractivity contribution < 1.29 is 9.47 Å². The third kappa shape index (κ3) is 6.33. The molecule has 0 saturated heterocycles. The molecule has 2 unspecified atom stereocenters. The first-order chi connectivity index (χ1) is 11.8. The Kier molecular flexibility index (Phi) is 7.37. The smallest absolute Gasteiger partial charge is 0.204 e. The standard InChI is InChI=1S/C23H38O2/c1-7-18(3)20-12-14-21(15-13-20)25-22(23(4,5)6)24-16-19-10-8-17(2)9-11-19/h12-15,17-19,22H,7-11,16H2,1-6H3. The van der Waals surface area contributed by atoms with Gasteiger partial charge >= 0.3 is 0 Å². The van der Waals surface area contributed by atoms with Crippen LogP contribution in [0.5, 0.6) is 5.75 Å². The predicted molar refractivity (Wildman–Crippen MR) is 106 cm³/mol. The molecule has 1 aliphatic carbocycles. The molecule has 1 aromatic rings. The molecule has 0 radical (unpaired) electrons. The van der Waals surface area contributed by atoms with E-state index in [1.165, 1.54) is 31.2 Å². The Morgan fingerprint density at radius 1 is 1.04 bits per heavy atom. The molecule has 0 spiro atoms. The largest absolute Gasteiger partial charge is 0.464 e. The van der Waals surface area contributed by atoms with Crippen molar-refractivity contribution in [2.75, 3.05) is 6.61 Å². The summed E-state index contributed by atoms with van der Waals surface area (Å²) >= 11 is 0. The van der Waals surface area contributed by atoms with Crippen LogP contribution in [0.15, 0.2) is 24.3 Å². The van der Waals surface area contributed by atoms with Gasteiger partial charge in [0.15, 0.2) is 0 Å². The lowest BCUT2D eigenvalue weighted by molar-refractivity contribution is -0.151. The molecule has 1 saturated carbocycles. The van der Waals surface area contributed by atoms with E-state index in [0.29, 0.717) is 11.8 Å². The van der Waals surface area contributed by atoms with Crippen molar-refractivity contribution >= 4 is 0 Å². The van der Waals surface area contributed by atoms with Gasteiger partial charge in [-0.2, -0.15) is 0 Å². The van der Waals surface area contributed by atoms with Crippen molar-refractivity contribution in [3.05, 3.63) is 29.8 Å². The second-order valence-corrected chi connectivity index (χ2v) is 9.15. The lowest BCUT2D eigenvalue weighted by Crippen LogP contribution is -2.36. The zero-order valence-corrected chi connectivity index (χ0v) is 17.2. The molecule has 2 rings (SSSR count). The van der Waals surface area contributed by atoms with Gasteiger partial charge in [-0.1, -0.05) is 66.5 Å². The zero-order chi connectivity index (χ0) is 18.4. The van der Waals surface area contributed by atoms with E-state index < -0.39 is 0 Å². The summed E-state index contributed by atoms with van der Waals surface area (Å²) in [6, 6.07) is 8.55. The number of hydrogen-bond donors (Lipinski definition) is 0. The van der Waals surface area contributed by atoms with Gasteiger partial charge in [-0.15, -0.1) is 0 Å². The molecular weight excluding hydrogens is 308 g/mol. The van der Waals surface area contributed by atoms with Crippen LogP contribution in [0.3, 0.4) is 0 Å². The van der Waals surface area contributed by atoms with Crippen LogP contribution < -0.4 is 4.74 Å². The fourth-order valence-corrected chi connectivity index (χ4v) is 3.41. The summed E-state index contributed by atoms with van der Waals surface area (Å²) in [5, 5.41) is 0. The first-order valence-corrected chi connectivity index (χ1v) is 10.2. The summed E-state index contributed by atoms with van der Waals surface area (Å²) in [7, 11) is 0. The highest BCUT2D eigenvalue weighted by molar-refractivity contribution is 5.29. The summed E-state index contributed by atoms with van der Waals surface area (Å²) in [6.07, 6.45) is 6.22. The number of rotatable bonds is 7. The van der Waals surface area contributed by atoms with Gasteiger partial charge in [0, 0.05) is 5.41 Å². The summed E-state index contributed by atoms with van der Waals surface area (Å²) in [5.41, 5.74) is 1.33. The zero-order valence-electron chi connectivity index (χ0n) is 17.2. The Labute approximate surface area is 155 Å². The second kappa shape index (κ2) is 9.07. The van der Waals surface area contributed by atoms with Crippen molar-refractivity contribution in [2.24, 2.45) is 17.3 Å². The Morgan fingerprint density at radius 3 is 2.16 bits per heavy atom. The molecule has 142 valence electrons. The van der Waals surface area contributed by atoms with E-state index in [4.69, 9.17) is 9.47 Å². The molecule has 0 bridgehead atoms. The normalized spacial score (nSPS) is 23.9. The minimum absolute atomic E-state index is 0.0443. The van der Waals surface area contributed by atoms with Crippen LogP contribution in [0, 0.1) is 17.3 Å². The summed E-state index contributed by atoms with van der Waals surface area (Å²) in [6.45, 7) is 14.2. The van der Waals surface area contributed by atoms with Gasteiger partial charge in [0.25, 0.3) is 0 Å². The monoisotopic (exact) mass is 346 g/mol. The van der Waals surface area contributed by atoms with Gasteiger partial charge in [0.05, 0.1) is 6.61 Å². The lowest BCUT2D eigenvalue weighted by atomic mass is 9.83. The third-order valence-corrected chi connectivity index (χ3v) is 5.63. The minimum Gasteiger partial charge on any atom is -0.464 e. The third-order valence-electron chi connectivity index (χ3n) is 5.63. The van der Waals surface area contributed by atoms with E-state index in [1.807, 2.05) is 0 Å². The van der Waals surface area contributed by atoms with Crippen LogP contribution in [-0.4, -0.2) is 12.9 Å². The molecule has 0 amide bonds. The maximum Gasteiger partial charge on any atom is 0.204 e. The van der Waals surface area contributed by atoms with Crippen molar-refractivity contribution in [3.8, 4) is 5.75 Å². The van der Waals surface area contributed by atoms with Crippen molar-refractivity contribution in [2.45, 2.75) is 85.9 Å². The Balaban J connectivity index is 1.93. The fourth-order valence-electron chi connectivity index (χ4n) is 3.41. The van der Waals surface area contributed by atoms with Crippen molar-refractivity contribution in [1.82, 2.24) is 0 Å². The average molecular weight is 347 g/mol. The van der Waals surface area contributed by atoms with Crippen LogP contribution in [0.25, 0.3) is 0 Å². The minimum atomic E-state index is -0.207. The van der Waals surface area contributed by atoms with Crippen LogP contribution >= 0.6 is 0 Å². The lowest BCUT2D eigenvalue weighted by Gasteiger charge is -2.33. The van der Waals surface area contributed by atoms with E-state index in [2.05, 4.69) is 65.8 Å². The molecular formula is C23H38O2. The van der Waals surface area contributed by atoms with Crippen LogP contribution in [0.2, 0.25) is 0 Å².